The Hall–Kier alpha value is -3.69. The van der Waals surface area contributed by atoms with Crippen molar-refractivity contribution in [2.24, 2.45) is 0 Å². The lowest BCUT2D eigenvalue weighted by atomic mass is 10.0. The minimum Gasteiger partial charge on any atom is -0.240 e. The topological polar surface area (TPSA) is 108 Å². The van der Waals surface area contributed by atoms with E-state index in [4.69, 9.17) is 16.9 Å². The molecule has 0 unspecified atom stereocenters. The van der Waals surface area contributed by atoms with Crippen molar-refractivity contribution in [3.63, 3.8) is 0 Å². The maximum absolute atomic E-state index is 14.5. The number of sulfonamides is 1. The Morgan fingerprint density at radius 1 is 0.897 bits per heavy atom. The molecular weight excluding hydrogens is 568 g/mol. The molecule has 12 heteroatoms. The molecule has 0 aliphatic rings. The molecule has 0 saturated carbocycles. The molecule has 39 heavy (non-hydrogen) atoms. The molecule has 0 spiro atoms. The summed E-state index contributed by atoms with van der Waals surface area (Å²) in [7, 11) is -6.88. The van der Waals surface area contributed by atoms with Gasteiger partial charge in [-0.25, -0.2) is 30.6 Å². The monoisotopic (exact) mass is 587 g/mol. The van der Waals surface area contributed by atoms with E-state index in [1.807, 2.05) is 6.07 Å². The average Bonchev–Trinajstić information content (AvgIpc) is 2.91. The van der Waals surface area contributed by atoms with Crippen LogP contribution in [0.5, 0.6) is 0 Å². The Bertz CT molecular complexity index is 1810. The number of nitrogens with zero attached hydrogens (tertiary/aromatic N) is 3. The molecule has 0 amide bonds. The Labute approximate surface area is 229 Å². The highest BCUT2D eigenvalue weighted by atomic mass is 35.5. The predicted molar refractivity (Wildman–Crippen MR) is 140 cm³/mol. The van der Waals surface area contributed by atoms with Crippen molar-refractivity contribution >= 4 is 31.5 Å². The molecule has 0 aliphatic heterocycles. The van der Waals surface area contributed by atoms with Gasteiger partial charge in [0.15, 0.2) is 5.03 Å². The second kappa shape index (κ2) is 11.2. The van der Waals surface area contributed by atoms with Gasteiger partial charge in [-0.1, -0.05) is 23.7 Å². The van der Waals surface area contributed by atoms with E-state index >= 15 is 0 Å². The first-order valence-electron chi connectivity index (χ1n) is 11.3. The summed E-state index contributed by atoms with van der Waals surface area (Å²) in [5.74, 6) is -1.43. The van der Waals surface area contributed by atoms with Crippen LogP contribution in [0.15, 0.2) is 93.7 Å². The van der Waals surface area contributed by atoms with Crippen LogP contribution in [0.3, 0.4) is 0 Å². The van der Waals surface area contributed by atoms with Crippen molar-refractivity contribution in [1.29, 1.82) is 5.26 Å². The number of halogens is 3. The van der Waals surface area contributed by atoms with Crippen molar-refractivity contribution in [1.82, 2.24) is 9.29 Å². The summed E-state index contributed by atoms with van der Waals surface area (Å²) < 4.78 is 82.3. The zero-order chi connectivity index (χ0) is 28.4. The second-order valence-corrected chi connectivity index (χ2v) is 12.9. The molecule has 1 aromatic heterocycles. The molecule has 0 aliphatic carbocycles. The highest BCUT2D eigenvalue weighted by Gasteiger charge is 2.25. The van der Waals surface area contributed by atoms with E-state index < -0.39 is 31.5 Å². The SMILES string of the molecule is CN(Cc1ccc(S(=O)(=O)c2ccc(Cl)cc2)nc1Cc1cc(F)ccc1F)S(=O)(=O)c1cccc(C#N)c1. The van der Waals surface area contributed by atoms with E-state index in [1.54, 1.807) is 0 Å². The number of aromatic nitrogens is 1. The molecule has 0 atom stereocenters. The Balaban J connectivity index is 1.77. The molecule has 200 valence electrons. The summed E-state index contributed by atoms with van der Waals surface area (Å²) in [4.78, 5) is 4.08. The zero-order valence-corrected chi connectivity index (χ0v) is 22.7. The summed E-state index contributed by atoms with van der Waals surface area (Å²) in [5.41, 5.74) is 0.390. The van der Waals surface area contributed by atoms with Crippen LogP contribution >= 0.6 is 11.6 Å². The molecule has 0 bridgehead atoms. The van der Waals surface area contributed by atoms with E-state index in [9.17, 15) is 25.6 Å². The molecule has 0 saturated heterocycles. The number of hydrogen-bond acceptors (Lipinski definition) is 6. The van der Waals surface area contributed by atoms with E-state index in [0.717, 1.165) is 22.5 Å². The van der Waals surface area contributed by atoms with Gasteiger partial charge in [-0.05, 0) is 77.9 Å². The lowest BCUT2D eigenvalue weighted by Gasteiger charge is -2.20. The first kappa shape index (κ1) is 28.3. The van der Waals surface area contributed by atoms with Gasteiger partial charge >= 0.3 is 0 Å². The summed E-state index contributed by atoms with van der Waals surface area (Å²) in [6.07, 6.45) is -0.305. The number of hydrogen-bond donors (Lipinski definition) is 0. The average molecular weight is 588 g/mol. The third-order valence-electron chi connectivity index (χ3n) is 5.87. The van der Waals surface area contributed by atoms with Crippen molar-refractivity contribution < 1.29 is 25.6 Å². The van der Waals surface area contributed by atoms with E-state index in [2.05, 4.69) is 4.98 Å². The summed E-state index contributed by atoms with van der Waals surface area (Å²) >= 11 is 5.87. The molecule has 3 aromatic carbocycles. The van der Waals surface area contributed by atoms with Crippen LogP contribution in [0, 0.1) is 23.0 Å². The van der Waals surface area contributed by atoms with Gasteiger partial charge in [0, 0.05) is 25.0 Å². The highest BCUT2D eigenvalue weighted by molar-refractivity contribution is 7.91. The Kier molecular flexibility index (Phi) is 8.13. The lowest BCUT2D eigenvalue weighted by Crippen LogP contribution is -2.27. The van der Waals surface area contributed by atoms with E-state index in [0.29, 0.717) is 5.02 Å². The van der Waals surface area contributed by atoms with Gasteiger partial charge in [-0.15, -0.1) is 0 Å². The van der Waals surface area contributed by atoms with Crippen molar-refractivity contribution in [3.8, 4) is 6.07 Å². The first-order valence-corrected chi connectivity index (χ1v) is 14.6. The summed E-state index contributed by atoms with van der Waals surface area (Å²) in [5, 5.41) is 9.11. The summed E-state index contributed by atoms with van der Waals surface area (Å²) in [6.45, 7) is -0.264. The van der Waals surface area contributed by atoms with Gasteiger partial charge in [0.05, 0.1) is 27.1 Å². The molecule has 4 aromatic rings. The molecule has 0 N–H and O–H groups in total. The quantitative estimate of drug-likeness (QED) is 0.283. The van der Waals surface area contributed by atoms with Gasteiger partial charge < -0.3 is 0 Å². The molecule has 1 heterocycles. The molecule has 4 rings (SSSR count). The number of rotatable bonds is 8. The number of benzene rings is 3. The predicted octanol–water partition coefficient (Wildman–Crippen LogP) is 5.13. The van der Waals surface area contributed by atoms with Crippen LogP contribution in [0.25, 0.3) is 0 Å². The standard InChI is InChI=1S/C27H20ClF2N3O4S2/c1-33(39(36,37)24-4-2-3-18(13-24)16-31)17-19-5-12-27(38(34,35)23-9-6-21(28)7-10-23)32-26(19)15-20-14-22(29)8-11-25(20)30/h2-14H,15,17H2,1H3. The van der Waals surface area contributed by atoms with Crippen LogP contribution in [-0.4, -0.2) is 33.2 Å². The third-order valence-corrected chi connectivity index (χ3v) is 9.59. The van der Waals surface area contributed by atoms with Gasteiger partial charge in [0.25, 0.3) is 0 Å². The minimum absolute atomic E-state index is 0.0439. The molecular formula is C27H20ClF2N3O4S2. The molecule has 0 radical (unpaired) electrons. The smallest absolute Gasteiger partial charge is 0.240 e. The van der Waals surface area contributed by atoms with Crippen LogP contribution < -0.4 is 0 Å². The van der Waals surface area contributed by atoms with Gasteiger partial charge in [-0.3, -0.25) is 0 Å². The van der Waals surface area contributed by atoms with Crippen molar-refractivity contribution in [2.45, 2.75) is 27.8 Å². The van der Waals surface area contributed by atoms with Crippen molar-refractivity contribution in [3.05, 3.63) is 118 Å². The minimum atomic E-state index is -4.11. The maximum Gasteiger partial charge on any atom is 0.243 e. The number of nitriles is 1. The Morgan fingerprint density at radius 3 is 2.31 bits per heavy atom. The summed E-state index contributed by atoms with van der Waals surface area (Å²) in [6, 6.07) is 18.3. The lowest BCUT2D eigenvalue weighted by molar-refractivity contribution is 0.464. The molecule has 0 fully saturated rings. The zero-order valence-electron chi connectivity index (χ0n) is 20.3. The fourth-order valence-corrected chi connectivity index (χ4v) is 6.32. The van der Waals surface area contributed by atoms with Gasteiger partial charge in [0.1, 0.15) is 11.6 Å². The van der Waals surface area contributed by atoms with Gasteiger partial charge in [-0.2, -0.15) is 9.57 Å². The van der Waals surface area contributed by atoms with E-state index in [-0.39, 0.29) is 50.2 Å². The largest absolute Gasteiger partial charge is 0.243 e. The van der Waals surface area contributed by atoms with Crippen LogP contribution in [-0.2, 0) is 32.8 Å². The fraction of sp³-hybridized carbons (Fsp3) is 0.111. The van der Waals surface area contributed by atoms with Crippen LogP contribution in [0.1, 0.15) is 22.4 Å². The number of sulfone groups is 1. The third kappa shape index (κ3) is 6.15. The number of pyridine rings is 1. The van der Waals surface area contributed by atoms with Crippen molar-refractivity contribution in [2.75, 3.05) is 7.05 Å². The van der Waals surface area contributed by atoms with Gasteiger partial charge in [0.2, 0.25) is 19.9 Å². The highest BCUT2D eigenvalue weighted by Crippen LogP contribution is 2.26. The van der Waals surface area contributed by atoms with E-state index in [1.165, 1.54) is 67.7 Å². The van der Waals surface area contributed by atoms with Crippen LogP contribution in [0.4, 0.5) is 8.78 Å². The fourth-order valence-electron chi connectivity index (χ4n) is 3.78. The molecule has 7 nitrogen and oxygen atoms in total. The van der Waals surface area contributed by atoms with Crippen LogP contribution in [0.2, 0.25) is 5.02 Å². The first-order chi connectivity index (χ1) is 18.4. The second-order valence-electron chi connectivity index (χ2n) is 8.53. The maximum atomic E-state index is 14.5. The normalized spacial score (nSPS) is 11.9. The Morgan fingerprint density at radius 2 is 1.62 bits per heavy atom.